The maximum atomic E-state index is 13.1. The van der Waals surface area contributed by atoms with Crippen LogP contribution in [0, 0.1) is 5.41 Å². The quantitative estimate of drug-likeness (QED) is 0.810. The van der Waals surface area contributed by atoms with E-state index in [4.69, 9.17) is 5.11 Å². The Morgan fingerprint density at radius 1 is 1.00 bits per heavy atom. The van der Waals surface area contributed by atoms with Crippen molar-refractivity contribution < 1.29 is 23.1 Å². The van der Waals surface area contributed by atoms with Crippen LogP contribution in [0.1, 0.15) is 11.1 Å². The summed E-state index contributed by atoms with van der Waals surface area (Å²) in [6.45, 7) is 4.77. The average molecular weight is 431 g/mol. The van der Waals surface area contributed by atoms with Crippen LogP contribution < -0.4 is 4.90 Å². The van der Waals surface area contributed by atoms with Crippen molar-refractivity contribution in [2.24, 2.45) is 5.41 Å². The number of aliphatic hydroxyl groups is 1. The number of nitrogens with zero attached hydrogens (tertiary/aromatic N) is 3. The number of aliphatic hydroxyl groups excluding tert-OH is 1. The van der Waals surface area contributed by atoms with Crippen molar-refractivity contribution in [3.63, 3.8) is 0 Å². The van der Waals surface area contributed by atoms with Crippen LogP contribution >= 0.6 is 0 Å². The van der Waals surface area contributed by atoms with E-state index in [0.717, 1.165) is 61.5 Å². The van der Waals surface area contributed by atoms with Crippen molar-refractivity contribution in [1.82, 2.24) is 9.80 Å². The molecule has 5 nitrogen and oxygen atoms in total. The number of anilines is 1. The van der Waals surface area contributed by atoms with Gasteiger partial charge >= 0.3 is 12.2 Å². The Labute approximate surface area is 178 Å². The van der Waals surface area contributed by atoms with Gasteiger partial charge in [0, 0.05) is 50.4 Å². The molecule has 0 unspecified atom stereocenters. The summed E-state index contributed by atoms with van der Waals surface area (Å²) in [5, 5.41) is 9.03. The Kier molecular flexibility index (Phi) is 4.75. The predicted octanol–water partition coefficient (Wildman–Crippen LogP) is 3.46. The third-order valence-electron chi connectivity index (χ3n) is 6.61. The normalized spacial score (nSPS) is 19.9. The van der Waals surface area contributed by atoms with Gasteiger partial charge in [0.1, 0.15) is 0 Å². The van der Waals surface area contributed by atoms with Gasteiger partial charge in [-0.25, -0.2) is 4.79 Å². The van der Waals surface area contributed by atoms with E-state index in [1.165, 1.54) is 12.1 Å². The van der Waals surface area contributed by atoms with Crippen LogP contribution in [0.5, 0.6) is 0 Å². The number of halogens is 3. The molecule has 0 aliphatic carbocycles. The molecular weight excluding hydrogens is 407 g/mol. The second kappa shape index (κ2) is 7.24. The summed E-state index contributed by atoms with van der Waals surface area (Å²) in [6.07, 6.45) is -3.58. The summed E-state index contributed by atoms with van der Waals surface area (Å²) in [5.74, 6) is 0. The van der Waals surface area contributed by atoms with Crippen molar-refractivity contribution in [2.45, 2.75) is 12.6 Å². The Morgan fingerprint density at radius 2 is 1.68 bits per heavy atom. The fourth-order valence-electron chi connectivity index (χ4n) is 5.08. The second-order valence-electron chi connectivity index (χ2n) is 8.89. The molecule has 1 N–H and O–H groups in total. The molecule has 31 heavy (non-hydrogen) atoms. The van der Waals surface area contributed by atoms with E-state index in [0.29, 0.717) is 18.7 Å². The number of carbonyl (C=O) groups excluding carboxylic acids is 1. The topological polar surface area (TPSA) is 47.0 Å². The molecule has 2 saturated heterocycles. The summed E-state index contributed by atoms with van der Waals surface area (Å²) in [7, 11) is 0. The molecule has 0 radical (unpaired) electrons. The number of hydrogen-bond donors (Lipinski definition) is 1. The maximum absolute atomic E-state index is 13.1. The molecule has 1 spiro atoms. The number of carbonyl (C=O) groups is 1. The van der Waals surface area contributed by atoms with Gasteiger partial charge in [0.05, 0.1) is 12.2 Å². The van der Waals surface area contributed by atoms with Crippen molar-refractivity contribution in [1.29, 1.82) is 0 Å². The number of likely N-dealkylation sites (tertiary alicyclic amines) is 2. The molecule has 2 aromatic rings. The van der Waals surface area contributed by atoms with Crippen LogP contribution in [0.2, 0.25) is 0 Å². The maximum Gasteiger partial charge on any atom is 0.416 e. The predicted molar refractivity (Wildman–Crippen MR) is 111 cm³/mol. The van der Waals surface area contributed by atoms with Crippen LogP contribution in [0.4, 0.5) is 23.7 Å². The van der Waals surface area contributed by atoms with Crippen LogP contribution in [-0.4, -0.2) is 66.8 Å². The Bertz CT molecular complexity index is 992. The van der Waals surface area contributed by atoms with Gasteiger partial charge in [-0.05, 0) is 41.3 Å². The molecular formula is C23H24F3N3O2. The molecule has 3 aliphatic rings. The highest BCUT2D eigenvalue weighted by atomic mass is 19.4. The minimum atomic E-state index is -4.36. The third-order valence-corrected chi connectivity index (χ3v) is 6.61. The van der Waals surface area contributed by atoms with Gasteiger partial charge < -0.3 is 10.0 Å². The SMILES string of the molecule is O=C(N1CC2(CN(CCO)C2)C1)N1CCc2ccc(-c3ccc(C(F)(F)F)cc3)cc21. The van der Waals surface area contributed by atoms with Gasteiger partial charge in [-0.1, -0.05) is 24.3 Å². The van der Waals surface area contributed by atoms with Crippen molar-refractivity contribution in [3.05, 3.63) is 53.6 Å². The zero-order chi connectivity index (χ0) is 21.8. The van der Waals surface area contributed by atoms with Crippen molar-refractivity contribution >= 4 is 11.7 Å². The standard InChI is InChI=1S/C23H24F3N3O2/c24-23(25,26)19-5-3-16(4-6-19)18-2-1-17-7-8-29(20(17)11-18)21(31)28-14-22(15-28)12-27(13-22)9-10-30/h1-6,11,30H,7-10,12-15H2. The summed E-state index contributed by atoms with van der Waals surface area (Å²) in [4.78, 5) is 19.0. The molecule has 3 heterocycles. The van der Waals surface area contributed by atoms with E-state index in [2.05, 4.69) is 4.90 Å². The van der Waals surface area contributed by atoms with E-state index < -0.39 is 11.7 Å². The number of benzene rings is 2. The molecule has 0 saturated carbocycles. The molecule has 2 aromatic carbocycles. The van der Waals surface area contributed by atoms with Gasteiger partial charge in [-0.15, -0.1) is 0 Å². The largest absolute Gasteiger partial charge is 0.416 e. The zero-order valence-corrected chi connectivity index (χ0v) is 17.0. The molecule has 5 rings (SSSR count). The number of urea groups is 1. The number of fused-ring (bicyclic) bond motifs is 1. The zero-order valence-electron chi connectivity index (χ0n) is 17.0. The van der Waals surface area contributed by atoms with E-state index >= 15 is 0 Å². The third kappa shape index (κ3) is 3.57. The van der Waals surface area contributed by atoms with Crippen molar-refractivity contribution in [3.8, 4) is 11.1 Å². The van der Waals surface area contributed by atoms with Gasteiger partial charge in [0.25, 0.3) is 0 Å². The van der Waals surface area contributed by atoms with Gasteiger partial charge in [-0.3, -0.25) is 9.80 Å². The monoisotopic (exact) mass is 431 g/mol. The van der Waals surface area contributed by atoms with Gasteiger partial charge in [0.15, 0.2) is 0 Å². The van der Waals surface area contributed by atoms with Gasteiger partial charge in [0.2, 0.25) is 0 Å². The van der Waals surface area contributed by atoms with E-state index in [-0.39, 0.29) is 18.1 Å². The first-order chi connectivity index (χ1) is 14.8. The van der Waals surface area contributed by atoms with Crippen LogP contribution in [0.25, 0.3) is 11.1 Å². The summed E-state index contributed by atoms with van der Waals surface area (Å²) >= 11 is 0. The van der Waals surface area contributed by atoms with Gasteiger partial charge in [-0.2, -0.15) is 13.2 Å². The van der Waals surface area contributed by atoms with Crippen LogP contribution in [-0.2, 0) is 12.6 Å². The second-order valence-corrected chi connectivity index (χ2v) is 8.89. The van der Waals surface area contributed by atoms with E-state index in [1.54, 1.807) is 4.90 Å². The Balaban J connectivity index is 1.29. The molecule has 2 fully saturated rings. The fourth-order valence-corrected chi connectivity index (χ4v) is 5.08. The highest BCUT2D eigenvalue weighted by molar-refractivity contribution is 5.95. The van der Waals surface area contributed by atoms with Crippen molar-refractivity contribution in [2.75, 3.05) is 50.8 Å². The smallest absolute Gasteiger partial charge is 0.395 e. The highest BCUT2D eigenvalue weighted by Crippen LogP contribution is 2.41. The lowest BCUT2D eigenvalue weighted by Gasteiger charge is -2.60. The Morgan fingerprint density at radius 3 is 2.32 bits per heavy atom. The summed E-state index contributed by atoms with van der Waals surface area (Å²) in [5.41, 5.74) is 2.92. The molecule has 0 aromatic heterocycles. The molecule has 2 amide bonds. The fraction of sp³-hybridized carbons (Fsp3) is 0.435. The lowest BCUT2D eigenvalue weighted by Crippen LogP contribution is -2.74. The number of hydrogen-bond acceptors (Lipinski definition) is 3. The number of alkyl halides is 3. The molecule has 0 bridgehead atoms. The lowest BCUT2D eigenvalue weighted by molar-refractivity contribution is -0.137. The molecule has 164 valence electrons. The highest BCUT2D eigenvalue weighted by Gasteiger charge is 2.53. The molecule has 0 atom stereocenters. The van der Waals surface area contributed by atoms with Crippen LogP contribution in [0.15, 0.2) is 42.5 Å². The lowest BCUT2D eigenvalue weighted by atomic mass is 9.73. The van der Waals surface area contributed by atoms with E-state index in [9.17, 15) is 18.0 Å². The van der Waals surface area contributed by atoms with Crippen LogP contribution in [0.3, 0.4) is 0 Å². The Hall–Kier alpha value is -2.58. The first-order valence-electron chi connectivity index (χ1n) is 10.5. The molecule has 8 heteroatoms. The number of β-amino-alcohol motifs (C(OH)–C–C–N with tert-alkyl or cyclic N) is 1. The number of amides is 2. The minimum absolute atomic E-state index is 0.00504. The van der Waals surface area contributed by atoms with E-state index in [1.807, 2.05) is 23.1 Å². The molecule has 3 aliphatic heterocycles. The number of rotatable bonds is 3. The summed E-state index contributed by atoms with van der Waals surface area (Å²) in [6, 6.07) is 10.9. The first kappa shape index (κ1) is 20.3. The minimum Gasteiger partial charge on any atom is -0.395 e. The average Bonchev–Trinajstić information content (AvgIpc) is 3.11. The summed E-state index contributed by atoms with van der Waals surface area (Å²) < 4.78 is 38.5. The first-order valence-corrected chi connectivity index (χ1v) is 10.5.